The molecule has 1 aliphatic heterocycles. The van der Waals surface area contributed by atoms with Crippen LogP contribution in [0.1, 0.15) is 21.6 Å². The Labute approximate surface area is 110 Å². The Morgan fingerprint density at radius 2 is 2.26 bits per heavy atom. The second kappa shape index (κ2) is 4.28. The van der Waals surface area contributed by atoms with Gasteiger partial charge in [-0.05, 0) is 24.6 Å². The van der Waals surface area contributed by atoms with Gasteiger partial charge in [-0.25, -0.2) is 4.79 Å². The topological polar surface area (TPSA) is 63.5 Å². The first kappa shape index (κ1) is 12.0. The van der Waals surface area contributed by atoms with E-state index in [1.165, 1.54) is 0 Å². The highest BCUT2D eigenvalue weighted by atomic mass is 16.5. The smallest absolute Gasteiger partial charge is 0.338 e. The zero-order valence-electron chi connectivity index (χ0n) is 11.0. The normalized spacial score (nSPS) is 14.4. The molecule has 19 heavy (non-hydrogen) atoms. The number of aromatic carboxylic acids is 1. The van der Waals surface area contributed by atoms with Gasteiger partial charge in [0.15, 0.2) is 0 Å². The number of benzene rings is 1. The molecule has 0 fully saturated rings. The van der Waals surface area contributed by atoms with Gasteiger partial charge in [0.2, 0.25) is 0 Å². The molecule has 5 heteroatoms. The van der Waals surface area contributed by atoms with Crippen LogP contribution in [0, 0.1) is 6.92 Å². The molecule has 5 nitrogen and oxygen atoms in total. The van der Waals surface area contributed by atoms with E-state index in [1.54, 1.807) is 7.11 Å². The van der Waals surface area contributed by atoms with Crippen LogP contribution in [0.15, 0.2) is 12.1 Å². The molecule has 0 spiro atoms. The fourth-order valence-electron chi connectivity index (χ4n) is 2.91. The average molecular weight is 260 g/mol. The van der Waals surface area contributed by atoms with Gasteiger partial charge in [0, 0.05) is 30.7 Å². The molecule has 0 radical (unpaired) electrons. The minimum absolute atomic E-state index is 0.393. The Balaban J connectivity index is 2.43. The third-order valence-corrected chi connectivity index (χ3v) is 3.68. The van der Waals surface area contributed by atoms with Crippen molar-refractivity contribution in [3.63, 3.8) is 0 Å². The number of aromatic nitrogens is 1. The fraction of sp³-hybridized carbons (Fsp3) is 0.357. The van der Waals surface area contributed by atoms with Crippen LogP contribution in [-0.4, -0.2) is 29.3 Å². The summed E-state index contributed by atoms with van der Waals surface area (Å²) in [6.45, 7) is 4.25. The summed E-state index contributed by atoms with van der Waals surface area (Å²) in [6.07, 6.45) is 0. The lowest BCUT2D eigenvalue weighted by Crippen LogP contribution is -2.28. The number of nitrogens with zero attached hydrogens (tertiary/aromatic N) is 1. The van der Waals surface area contributed by atoms with Gasteiger partial charge in [0.1, 0.15) is 5.75 Å². The van der Waals surface area contributed by atoms with Gasteiger partial charge in [0.05, 0.1) is 18.2 Å². The average Bonchev–Trinajstić information content (AvgIpc) is 2.72. The summed E-state index contributed by atoms with van der Waals surface area (Å²) in [7, 11) is 1.60. The molecule has 100 valence electrons. The van der Waals surface area contributed by atoms with Crippen LogP contribution in [0.3, 0.4) is 0 Å². The van der Waals surface area contributed by atoms with Crippen LogP contribution in [-0.2, 0) is 13.1 Å². The quantitative estimate of drug-likeness (QED) is 0.863. The Hall–Kier alpha value is -2.01. The van der Waals surface area contributed by atoms with Gasteiger partial charge < -0.3 is 19.7 Å². The van der Waals surface area contributed by atoms with Crippen molar-refractivity contribution in [2.45, 2.75) is 20.0 Å². The first-order valence-electron chi connectivity index (χ1n) is 6.27. The summed E-state index contributed by atoms with van der Waals surface area (Å²) < 4.78 is 7.37. The molecule has 0 aliphatic carbocycles. The molecule has 0 bridgehead atoms. The summed E-state index contributed by atoms with van der Waals surface area (Å²) >= 11 is 0. The Kier molecular flexibility index (Phi) is 2.71. The van der Waals surface area contributed by atoms with E-state index in [-0.39, 0.29) is 0 Å². The van der Waals surface area contributed by atoms with Gasteiger partial charge in [-0.1, -0.05) is 0 Å². The lowest BCUT2D eigenvalue weighted by atomic mass is 10.1. The van der Waals surface area contributed by atoms with Crippen LogP contribution in [0.2, 0.25) is 0 Å². The van der Waals surface area contributed by atoms with E-state index in [9.17, 15) is 9.90 Å². The molecule has 1 aromatic heterocycles. The van der Waals surface area contributed by atoms with Crippen LogP contribution in [0.5, 0.6) is 5.75 Å². The molecule has 2 heterocycles. The third kappa shape index (κ3) is 1.69. The van der Waals surface area contributed by atoms with Crippen LogP contribution >= 0.6 is 0 Å². The number of hydrogen-bond acceptors (Lipinski definition) is 3. The van der Waals surface area contributed by atoms with Crippen molar-refractivity contribution < 1.29 is 14.6 Å². The number of carboxylic acids is 1. The van der Waals surface area contributed by atoms with Gasteiger partial charge >= 0.3 is 5.97 Å². The Morgan fingerprint density at radius 1 is 1.47 bits per heavy atom. The molecule has 0 unspecified atom stereocenters. The standard InChI is InChI=1S/C14H16N2O3/c1-8-5-9(19-2)6-10-12(14(17)18)11-7-15-3-4-16(11)13(8)10/h5-6,15H,3-4,7H2,1-2H3,(H,17,18). The molecule has 1 aromatic carbocycles. The summed E-state index contributed by atoms with van der Waals surface area (Å²) in [5.74, 6) is -0.182. The largest absolute Gasteiger partial charge is 0.497 e. The van der Waals surface area contributed by atoms with E-state index >= 15 is 0 Å². The Morgan fingerprint density at radius 3 is 2.95 bits per heavy atom. The van der Waals surface area contributed by atoms with Crippen molar-refractivity contribution in [2.75, 3.05) is 13.7 Å². The van der Waals surface area contributed by atoms with Crippen molar-refractivity contribution in [1.82, 2.24) is 9.88 Å². The SMILES string of the molecule is COc1cc(C)c2c(c1)c(C(=O)O)c1n2CCNC1. The van der Waals surface area contributed by atoms with E-state index in [4.69, 9.17) is 4.74 Å². The van der Waals surface area contributed by atoms with E-state index in [1.807, 2.05) is 19.1 Å². The summed E-state index contributed by atoms with van der Waals surface area (Å²) in [5, 5.41) is 13.5. The molecular weight excluding hydrogens is 244 g/mol. The van der Waals surface area contributed by atoms with E-state index in [0.29, 0.717) is 17.9 Å². The number of fused-ring (bicyclic) bond motifs is 3. The first-order chi connectivity index (χ1) is 9.13. The van der Waals surface area contributed by atoms with Gasteiger partial charge in [-0.3, -0.25) is 0 Å². The predicted octanol–water partition coefficient (Wildman–Crippen LogP) is 1.76. The molecule has 0 saturated carbocycles. The van der Waals surface area contributed by atoms with Crippen molar-refractivity contribution >= 4 is 16.9 Å². The van der Waals surface area contributed by atoms with Crippen molar-refractivity contribution in [3.8, 4) is 5.75 Å². The van der Waals surface area contributed by atoms with Crippen LogP contribution in [0.25, 0.3) is 10.9 Å². The summed E-state index contributed by atoms with van der Waals surface area (Å²) in [6, 6.07) is 3.76. The van der Waals surface area contributed by atoms with Gasteiger partial charge in [0.25, 0.3) is 0 Å². The van der Waals surface area contributed by atoms with Gasteiger partial charge in [-0.2, -0.15) is 0 Å². The summed E-state index contributed by atoms with van der Waals surface area (Å²) in [5.41, 5.74) is 3.30. The van der Waals surface area contributed by atoms with Crippen molar-refractivity contribution in [3.05, 3.63) is 29.0 Å². The number of nitrogens with one attached hydrogen (secondary N) is 1. The molecule has 1 aliphatic rings. The highest BCUT2D eigenvalue weighted by Crippen LogP contribution is 2.33. The molecule has 2 aromatic rings. The van der Waals surface area contributed by atoms with Crippen molar-refractivity contribution in [1.29, 1.82) is 0 Å². The lowest BCUT2D eigenvalue weighted by Gasteiger charge is -2.18. The number of hydrogen-bond donors (Lipinski definition) is 2. The number of ether oxygens (including phenoxy) is 1. The predicted molar refractivity (Wildman–Crippen MR) is 71.9 cm³/mol. The molecule has 0 saturated heterocycles. The monoisotopic (exact) mass is 260 g/mol. The van der Waals surface area contributed by atoms with E-state index < -0.39 is 5.97 Å². The maximum absolute atomic E-state index is 11.6. The third-order valence-electron chi connectivity index (χ3n) is 3.68. The number of carboxylic acid groups (broad SMARTS) is 1. The molecule has 2 N–H and O–H groups in total. The second-order valence-corrected chi connectivity index (χ2v) is 4.80. The zero-order valence-corrected chi connectivity index (χ0v) is 11.0. The van der Waals surface area contributed by atoms with Crippen LogP contribution < -0.4 is 10.1 Å². The van der Waals surface area contributed by atoms with E-state index in [2.05, 4.69) is 9.88 Å². The fourth-order valence-corrected chi connectivity index (χ4v) is 2.91. The summed E-state index contributed by atoms with van der Waals surface area (Å²) in [4.78, 5) is 11.6. The first-order valence-corrected chi connectivity index (χ1v) is 6.27. The van der Waals surface area contributed by atoms with Crippen molar-refractivity contribution in [2.24, 2.45) is 0 Å². The maximum atomic E-state index is 11.6. The number of rotatable bonds is 2. The van der Waals surface area contributed by atoms with E-state index in [0.717, 1.165) is 35.2 Å². The van der Waals surface area contributed by atoms with Crippen LogP contribution in [0.4, 0.5) is 0 Å². The number of aryl methyl sites for hydroxylation is 1. The molecule has 0 amide bonds. The second-order valence-electron chi connectivity index (χ2n) is 4.80. The Bertz CT molecular complexity index is 673. The minimum atomic E-state index is -0.880. The number of methoxy groups -OCH3 is 1. The lowest BCUT2D eigenvalue weighted by molar-refractivity contribution is 0.0697. The minimum Gasteiger partial charge on any atom is -0.497 e. The molecule has 3 rings (SSSR count). The number of carbonyl (C=O) groups is 1. The highest BCUT2D eigenvalue weighted by molar-refractivity contribution is 6.06. The molecule has 0 atom stereocenters. The van der Waals surface area contributed by atoms with Gasteiger partial charge in [-0.15, -0.1) is 0 Å². The molecular formula is C14H16N2O3. The maximum Gasteiger partial charge on any atom is 0.338 e. The highest BCUT2D eigenvalue weighted by Gasteiger charge is 2.25. The zero-order chi connectivity index (χ0) is 13.6.